The average molecular weight is 314 g/mol. The van der Waals surface area contributed by atoms with Gasteiger partial charge in [0.2, 0.25) is 0 Å². The van der Waals surface area contributed by atoms with Gasteiger partial charge in [0.05, 0.1) is 13.1 Å². The van der Waals surface area contributed by atoms with Gasteiger partial charge in [0.15, 0.2) is 0 Å². The predicted molar refractivity (Wildman–Crippen MR) is 87.3 cm³/mol. The first-order valence-corrected chi connectivity index (χ1v) is 7.21. The Morgan fingerprint density at radius 3 is 2.50 bits per heavy atom. The molecule has 0 atom stereocenters. The van der Waals surface area contributed by atoms with Crippen molar-refractivity contribution in [3.05, 3.63) is 70.7 Å². The Morgan fingerprint density at radius 2 is 1.82 bits per heavy atom. The van der Waals surface area contributed by atoms with E-state index >= 15 is 0 Å². The molecule has 0 N–H and O–H groups in total. The summed E-state index contributed by atoms with van der Waals surface area (Å²) < 4.78 is 5.30. The van der Waals surface area contributed by atoms with Gasteiger partial charge in [-0.25, -0.2) is 4.79 Å². The molecule has 0 aliphatic rings. The molecule has 0 aliphatic heterocycles. The molecule has 0 heterocycles. The molecule has 2 rings (SSSR count). The van der Waals surface area contributed by atoms with E-state index in [4.69, 9.17) is 22.8 Å². The van der Waals surface area contributed by atoms with Gasteiger partial charge in [0.1, 0.15) is 6.61 Å². The van der Waals surface area contributed by atoms with Crippen LogP contribution in [-0.2, 0) is 17.9 Å². The number of rotatable bonds is 5. The van der Waals surface area contributed by atoms with Crippen LogP contribution >= 0.6 is 11.6 Å². The molecule has 3 nitrogen and oxygen atoms in total. The van der Waals surface area contributed by atoms with Crippen molar-refractivity contribution in [1.29, 1.82) is 0 Å². The summed E-state index contributed by atoms with van der Waals surface area (Å²) in [6.45, 7) is 0.694. The lowest BCUT2D eigenvalue weighted by Gasteiger charge is -2.20. The molecule has 4 heteroatoms. The Hall–Kier alpha value is -2.44. The maximum atomic E-state index is 12.2. The molecule has 0 aromatic heterocycles. The summed E-state index contributed by atoms with van der Waals surface area (Å²) in [6, 6.07) is 16.8. The van der Waals surface area contributed by atoms with Gasteiger partial charge in [-0.3, -0.25) is 4.90 Å². The molecule has 0 radical (unpaired) electrons. The zero-order chi connectivity index (χ0) is 15.8. The summed E-state index contributed by atoms with van der Waals surface area (Å²) in [5.74, 6) is 2.47. The molecule has 0 unspecified atom stereocenters. The third kappa shape index (κ3) is 4.54. The number of carbonyl (C=O) groups is 1. The number of hydrogen-bond acceptors (Lipinski definition) is 2. The lowest BCUT2D eigenvalue weighted by atomic mass is 10.2. The summed E-state index contributed by atoms with van der Waals surface area (Å²) in [5, 5.41) is 0.598. The van der Waals surface area contributed by atoms with Crippen molar-refractivity contribution in [2.24, 2.45) is 0 Å². The fraction of sp³-hybridized carbons (Fsp3) is 0.167. The number of hydrogen-bond donors (Lipinski definition) is 0. The fourth-order valence-electron chi connectivity index (χ4n) is 1.94. The first kappa shape index (κ1) is 15.9. The monoisotopic (exact) mass is 313 g/mol. The maximum Gasteiger partial charge on any atom is 0.411 e. The first-order chi connectivity index (χ1) is 10.7. The number of terminal acetylenes is 1. The molecule has 0 bridgehead atoms. The van der Waals surface area contributed by atoms with Crippen molar-refractivity contribution in [2.45, 2.75) is 13.2 Å². The smallest absolute Gasteiger partial charge is 0.411 e. The van der Waals surface area contributed by atoms with Gasteiger partial charge >= 0.3 is 6.09 Å². The van der Waals surface area contributed by atoms with Crippen LogP contribution in [-0.4, -0.2) is 17.5 Å². The fourth-order valence-corrected chi connectivity index (χ4v) is 2.13. The predicted octanol–water partition coefficient (Wildman–Crippen LogP) is 4.11. The van der Waals surface area contributed by atoms with Gasteiger partial charge in [-0.1, -0.05) is 66.1 Å². The Bertz CT molecular complexity index is 664. The van der Waals surface area contributed by atoms with E-state index in [9.17, 15) is 4.79 Å². The van der Waals surface area contributed by atoms with E-state index in [2.05, 4.69) is 5.92 Å². The van der Waals surface area contributed by atoms with E-state index in [-0.39, 0.29) is 13.2 Å². The summed E-state index contributed by atoms with van der Waals surface area (Å²) in [6.07, 6.45) is 4.88. The summed E-state index contributed by atoms with van der Waals surface area (Å²) in [4.78, 5) is 13.6. The Balaban J connectivity index is 2.00. The highest BCUT2D eigenvalue weighted by Crippen LogP contribution is 2.17. The second-order valence-electron chi connectivity index (χ2n) is 4.69. The molecule has 1 amide bonds. The highest BCUT2D eigenvalue weighted by Gasteiger charge is 2.15. The lowest BCUT2D eigenvalue weighted by Crippen LogP contribution is -2.31. The second-order valence-corrected chi connectivity index (χ2v) is 5.10. The minimum atomic E-state index is -0.457. The van der Waals surface area contributed by atoms with Gasteiger partial charge in [-0.15, -0.1) is 6.42 Å². The molecule has 0 spiro atoms. The molecule has 2 aromatic carbocycles. The summed E-state index contributed by atoms with van der Waals surface area (Å²) >= 11 is 6.12. The minimum absolute atomic E-state index is 0.166. The van der Waals surface area contributed by atoms with Crippen molar-refractivity contribution in [3.63, 3.8) is 0 Å². The first-order valence-electron chi connectivity index (χ1n) is 6.83. The molecule has 112 valence electrons. The molecule has 0 saturated heterocycles. The van der Waals surface area contributed by atoms with E-state index < -0.39 is 6.09 Å². The zero-order valence-electron chi connectivity index (χ0n) is 12.0. The molecule has 0 saturated carbocycles. The van der Waals surface area contributed by atoms with Crippen LogP contribution in [0.4, 0.5) is 4.79 Å². The van der Waals surface area contributed by atoms with E-state index in [1.54, 1.807) is 6.07 Å². The van der Waals surface area contributed by atoms with E-state index in [1.807, 2.05) is 48.5 Å². The van der Waals surface area contributed by atoms with Gasteiger partial charge in [-0.05, 0) is 17.2 Å². The minimum Gasteiger partial charge on any atom is -0.445 e. The second kappa shape index (κ2) is 8.11. The van der Waals surface area contributed by atoms with Gasteiger partial charge in [-0.2, -0.15) is 0 Å². The topological polar surface area (TPSA) is 29.5 Å². The van der Waals surface area contributed by atoms with E-state index in [0.717, 1.165) is 11.1 Å². The van der Waals surface area contributed by atoms with Crippen LogP contribution in [0.1, 0.15) is 11.1 Å². The van der Waals surface area contributed by atoms with Crippen molar-refractivity contribution < 1.29 is 9.53 Å². The van der Waals surface area contributed by atoms with Crippen LogP contribution in [0.25, 0.3) is 0 Å². The number of halogens is 1. The maximum absolute atomic E-state index is 12.2. The van der Waals surface area contributed by atoms with Gasteiger partial charge in [0.25, 0.3) is 0 Å². The largest absolute Gasteiger partial charge is 0.445 e. The van der Waals surface area contributed by atoms with E-state index in [0.29, 0.717) is 11.6 Å². The standard InChI is InChI=1S/C18H16ClNO2/c1-2-12-20(13-16-10-6-7-11-17(16)19)18(21)22-14-15-8-4-3-5-9-15/h1,3-11H,12-14H2. The number of amides is 1. The molecule has 22 heavy (non-hydrogen) atoms. The molecular weight excluding hydrogens is 298 g/mol. The number of ether oxygens (including phenoxy) is 1. The molecular formula is C18H16ClNO2. The Morgan fingerprint density at radius 1 is 1.14 bits per heavy atom. The number of carbonyl (C=O) groups excluding carboxylic acids is 1. The third-order valence-corrected chi connectivity index (χ3v) is 3.43. The highest BCUT2D eigenvalue weighted by atomic mass is 35.5. The number of benzene rings is 2. The van der Waals surface area contributed by atoms with Crippen molar-refractivity contribution in [3.8, 4) is 12.3 Å². The van der Waals surface area contributed by atoms with Crippen molar-refractivity contribution in [2.75, 3.05) is 6.54 Å². The average Bonchev–Trinajstić information content (AvgIpc) is 2.55. The Labute approximate surface area is 135 Å². The third-order valence-electron chi connectivity index (χ3n) is 3.06. The SMILES string of the molecule is C#CCN(Cc1ccccc1Cl)C(=O)OCc1ccccc1. The van der Waals surface area contributed by atoms with Gasteiger partial charge < -0.3 is 4.74 Å². The van der Waals surface area contributed by atoms with Crippen molar-refractivity contribution in [1.82, 2.24) is 4.90 Å². The van der Waals surface area contributed by atoms with Crippen molar-refractivity contribution >= 4 is 17.7 Å². The van der Waals surface area contributed by atoms with Crippen LogP contribution in [0.5, 0.6) is 0 Å². The summed E-state index contributed by atoms with van der Waals surface area (Å²) in [5.41, 5.74) is 1.75. The van der Waals surface area contributed by atoms with Crippen LogP contribution in [0.3, 0.4) is 0 Å². The van der Waals surface area contributed by atoms with E-state index in [1.165, 1.54) is 4.90 Å². The summed E-state index contributed by atoms with van der Waals surface area (Å²) in [7, 11) is 0. The lowest BCUT2D eigenvalue weighted by molar-refractivity contribution is 0.0985. The van der Waals surface area contributed by atoms with Crippen LogP contribution < -0.4 is 0 Å². The highest BCUT2D eigenvalue weighted by molar-refractivity contribution is 6.31. The number of nitrogens with zero attached hydrogens (tertiary/aromatic N) is 1. The van der Waals surface area contributed by atoms with Crippen LogP contribution in [0.2, 0.25) is 5.02 Å². The molecule has 2 aromatic rings. The normalized spacial score (nSPS) is 9.82. The van der Waals surface area contributed by atoms with Crippen LogP contribution in [0.15, 0.2) is 54.6 Å². The van der Waals surface area contributed by atoms with Gasteiger partial charge in [0, 0.05) is 5.02 Å². The van der Waals surface area contributed by atoms with Crippen LogP contribution in [0, 0.1) is 12.3 Å². The Kier molecular flexibility index (Phi) is 5.88. The molecule has 0 aliphatic carbocycles. The zero-order valence-corrected chi connectivity index (χ0v) is 12.8. The quantitative estimate of drug-likeness (QED) is 0.777. The molecule has 0 fully saturated rings.